The van der Waals surface area contributed by atoms with Crippen LogP contribution in [0.3, 0.4) is 0 Å². The second-order valence-corrected chi connectivity index (χ2v) is 4.41. The quantitative estimate of drug-likeness (QED) is 0.451. The number of aromatic nitrogens is 1. The summed E-state index contributed by atoms with van der Waals surface area (Å²) >= 11 is 3.29. The van der Waals surface area contributed by atoms with Gasteiger partial charge in [-0.3, -0.25) is 4.79 Å². The Kier molecular flexibility index (Phi) is 5.79. The molecule has 8 heteroatoms. The van der Waals surface area contributed by atoms with Crippen molar-refractivity contribution in [3.63, 3.8) is 0 Å². The Morgan fingerprint density at radius 1 is 1.67 bits per heavy atom. The van der Waals surface area contributed by atoms with Gasteiger partial charge >= 0.3 is 5.82 Å². The molecule has 18 heavy (non-hydrogen) atoms. The average Bonchev–Trinajstić information content (AvgIpc) is 2.79. The van der Waals surface area contributed by atoms with Gasteiger partial charge in [-0.1, -0.05) is 15.9 Å². The van der Waals surface area contributed by atoms with Gasteiger partial charge in [0.25, 0.3) is 5.91 Å². The summed E-state index contributed by atoms with van der Waals surface area (Å²) in [5.41, 5.74) is 0.164. The Hall–Kier alpha value is -1.41. The Labute approximate surface area is 112 Å². The van der Waals surface area contributed by atoms with Crippen LogP contribution in [0.15, 0.2) is 12.1 Å². The maximum atomic E-state index is 11.8. The molecule has 0 aliphatic heterocycles. The van der Waals surface area contributed by atoms with Crippen LogP contribution in [0.25, 0.3) is 0 Å². The minimum Gasteiger partial charge on any atom is -0.383 e. The number of rotatable bonds is 7. The predicted molar refractivity (Wildman–Crippen MR) is 69.0 cm³/mol. The zero-order valence-electron chi connectivity index (χ0n) is 9.81. The monoisotopic (exact) mass is 319 g/mol. The molecule has 0 bridgehead atoms. The van der Waals surface area contributed by atoms with Crippen LogP contribution in [0, 0.1) is 10.1 Å². The molecular weight excluding hydrogens is 306 g/mol. The number of carbonyl (C=O) groups is 1. The molecule has 1 amide bonds. The number of aromatic amines is 1. The largest absolute Gasteiger partial charge is 0.383 e. The summed E-state index contributed by atoms with van der Waals surface area (Å²) in [5.74, 6) is -0.588. The van der Waals surface area contributed by atoms with E-state index in [0.717, 1.165) is 5.33 Å². The van der Waals surface area contributed by atoms with Gasteiger partial charge in [0.15, 0.2) is 5.69 Å². The van der Waals surface area contributed by atoms with Crippen molar-refractivity contribution in [2.75, 3.05) is 19.0 Å². The molecule has 1 heterocycles. The molecule has 1 unspecified atom stereocenters. The number of ether oxygens (including phenoxy) is 1. The fourth-order valence-electron chi connectivity index (χ4n) is 1.42. The van der Waals surface area contributed by atoms with E-state index in [-0.39, 0.29) is 23.5 Å². The third-order valence-electron chi connectivity index (χ3n) is 2.27. The summed E-state index contributed by atoms with van der Waals surface area (Å²) in [4.78, 5) is 24.1. The van der Waals surface area contributed by atoms with E-state index in [1.165, 1.54) is 12.1 Å². The predicted octanol–water partition coefficient (Wildman–Crippen LogP) is 1.45. The molecule has 0 radical (unpaired) electrons. The van der Waals surface area contributed by atoms with Crippen molar-refractivity contribution in [3.05, 3.63) is 27.9 Å². The Bertz CT molecular complexity index is 415. The van der Waals surface area contributed by atoms with Crippen molar-refractivity contribution in [2.45, 2.75) is 12.5 Å². The van der Waals surface area contributed by atoms with Gasteiger partial charge in [0, 0.05) is 18.5 Å². The third kappa shape index (κ3) is 4.11. The number of carbonyl (C=O) groups excluding carboxylic acids is 1. The molecule has 0 spiro atoms. The minimum absolute atomic E-state index is 0.135. The van der Waals surface area contributed by atoms with Crippen molar-refractivity contribution in [1.29, 1.82) is 0 Å². The number of nitrogens with one attached hydrogen (secondary N) is 2. The molecule has 0 aromatic carbocycles. The fourth-order valence-corrected chi connectivity index (χ4v) is 1.97. The van der Waals surface area contributed by atoms with E-state index in [2.05, 4.69) is 26.2 Å². The summed E-state index contributed by atoms with van der Waals surface area (Å²) in [6.45, 7) is 0.389. The molecule has 0 aliphatic carbocycles. The van der Waals surface area contributed by atoms with Crippen LogP contribution in [-0.4, -0.2) is 40.9 Å². The summed E-state index contributed by atoms with van der Waals surface area (Å²) in [7, 11) is 1.55. The van der Waals surface area contributed by atoms with E-state index in [1.807, 2.05) is 0 Å². The lowest BCUT2D eigenvalue weighted by molar-refractivity contribution is -0.389. The number of nitrogens with zero attached hydrogens (tertiary/aromatic N) is 1. The van der Waals surface area contributed by atoms with Crippen molar-refractivity contribution >= 4 is 27.7 Å². The van der Waals surface area contributed by atoms with Gasteiger partial charge in [0.05, 0.1) is 12.6 Å². The summed E-state index contributed by atoms with van der Waals surface area (Å²) in [6.07, 6.45) is 0.711. The van der Waals surface area contributed by atoms with Gasteiger partial charge in [-0.25, -0.2) is 4.98 Å². The molecule has 1 aromatic heterocycles. The number of methoxy groups -OCH3 is 1. The van der Waals surface area contributed by atoms with Gasteiger partial charge in [0.1, 0.15) is 0 Å². The number of H-pyrrole nitrogens is 1. The fraction of sp³-hybridized carbons (Fsp3) is 0.500. The van der Waals surface area contributed by atoms with Crippen molar-refractivity contribution in [3.8, 4) is 0 Å². The van der Waals surface area contributed by atoms with E-state index in [0.29, 0.717) is 13.0 Å². The van der Waals surface area contributed by atoms with Crippen molar-refractivity contribution in [2.24, 2.45) is 0 Å². The Balaban J connectivity index is 2.64. The highest BCUT2D eigenvalue weighted by atomic mass is 79.9. The molecule has 0 aliphatic rings. The first-order chi connectivity index (χ1) is 8.58. The number of hydrogen-bond donors (Lipinski definition) is 2. The number of halogens is 1. The van der Waals surface area contributed by atoms with Crippen LogP contribution in [0.4, 0.5) is 5.82 Å². The molecule has 7 nitrogen and oxygen atoms in total. The number of hydrogen-bond acceptors (Lipinski definition) is 4. The second-order valence-electron chi connectivity index (χ2n) is 3.62. The maximum Gasteiger partial charge on any atom is 0.321 e. The van der Waals surface area contributed by atoms with E-state index >= 15 is 0 Å². The van der Waals surface area contributed by atoms with Crippen LogP contribution >= 0.6 is 15.9 Å². The van der Waals surface area contributed by atoms with Gasteiger partial charge < -0.3 is 20.2 Å². The molecule has 0 saturated heterocycles. The summed E-state index contributed by atoms with van der Waals surface area (Å²) < 4.78 is 4.98. The lowest BCUT2D eigenvalue weighted by Crippen LogP contribution is -2.38. The standard InChI is InChI=1S/C10H14BrN3O4/c1-18-6-7(4-5-11)12-10(15)8-2-3-9(13-8)14(16)17/h2-3,7,13H,4-6H2,1H3,(H,12,15). The Morgan fingerprint density at radius 3 is 2.89 bits per heavy atom. The molecule has 1 rings (SSSR count). The second kappa shape index (κ2) is 7.12. The maximum absolute atomic E-state index is 11.8. The van der Waals surface area contributed by atoms with E-state index < -0.39 is 4.92 Å². The molecule has 0 fully saturated rings. The smallest absolute Gasteiger partial charge is 0.321 e. The number of alkyl halides is 1. The first-order valence-electron chi connectivity index (χ1n) is 5.27. The lowest BCUT2D eigenvalue weighted by atomic mass is 10.2. The SMILES string of the molecule is COCC(CCBr)NC(=O)c1ccc([N+](=O)[O-])[nH]1. The van der Waals surface area contributed by atoms with Crippen molar-refractivity contribution < 1.29 is 14.5 Å². The lowest BCUT2D eigenvalue weighted by Gasteiger charge is -2.15. The van der Waals surface area contributed by atoms with E-state index in [9.17, 15) is 14.9 Å². The van der Waals surface area contributed by atoms with Crippen LogP contribution in [0.1, 0.15) is 16.9 Å². The molecule has 2 N–H and O–H groups in total. The minimum atomic E-state index is -0.581. The van der Waals surface area contributed by atoms with Crippen molar-refractivity contribution in [1.82, 2.24) is 10.3 Å². The van der Waals surface area contributed by atoms with E-state index in [4.69, 9.17) is 4.74 Å². The number of amides is 1. The zero-order chi connectivity index (χ0) is 13.5. The molecule has 1 aromatic rings. The zero-order valence-corrected chi connectivity index (χ0v) is 11.4. The van der Waals surface area contributed by atoms with Crippen LogP contribution in [0.2, 0.25) is 0 Å². The molecule has 1 atom stereocenters. The average molecular weight is 320 g/mol. The Morgan fingerprint density at radius 2 is 2.39 bits per heavy atom. The topological polar surface area (TPSA) is 97.3 Å². The number of nitro groups is 1. The highest BCUT2D eigenvalue weighted by Crippen LogP contribution is 2.10. The van der Waals surface area contributed by atoms with Gasteiger partial charge in [-0.05, 0) is 17.4 Å². The normalized spacial score (nSPS) is 12.1. The highest BCUT2D eigenvalue weighted by molar-refractivity contribution is 9.09. The van der Waals surface area contributed by atoms with Crippen LogP contribution in [-0.2, 0) is 4.74 Å². The summed E-state index contributed by atoms with van der Waals surface area (Å²) in [6, 6.07) is 2.50. The molecule has 0 saturated carbocycles. The highest BCUT2D eigenvalue weighted by Gasteiger charge is 2.18. The van der Waals surface area contributed by atoms with Crippen LogP contribution < -0.4 is 5.32 Å². The first-order valence-corrected chi connectivity index (χ1v) is 6.39. The molecular formula is C10H14BrN3O4. The first kappa shape index (κ1) is 14.7. The van der Waals surface area contributed by atoms with Gasteiger partial charge in [-0.2, -0.15) is 0 Å². The third-order valence-corrected chi connectivity index (χ3v) is 2.73. The van der Waals surface area contributed by atoms with Gasteiger partial charge in [-0.15, -0.1) is 0 Å². The van der Waals surface area contributed by atoms with Gasteiger partial charge in [0.2, 0.25) is 0 Å². The van der Waals surface area contributed by atoms with Crippen LogP contribution in [0.5, 0.6) is 0 Å². The molecule has 100 valence electrons. The van der Waals surface area contributed by atoms with E-state index in [1.54, 1.807) is 7.11 Å². The summed E-state index contributed by atoms with van der Waals surface area (Å²) in [5, 5.41) is 13.9.